The summed E-state index contributed by atoms with van der Waals surface area (Å²) >= 11 is 13.3. The van der Waals surface area contributed by atoms with Crippen molar-refractivity contribution >= 4 is 57.4 Å². The van der Waals surface area contributed by atoms with Crippen LogP contribution in [-0.2, 0) is 38.6 Å². The number of ether oxygens (including phenoxy) is 3. The number of hydrogen-bond donors (Lipinski definition) is 1. The quantitative estimate of drug-likeness (QED) is 0.301. The highest BCUT2D eigenvalue weighted by Crippen LogP contribution is 2.38. The van der Waals surface area contributed by atoms with Crippen molar-refractivity contribution in [1.29, 1.82) is 0 Å². The number of halogens is 2. The summed E-state index contributed by atoms with van der Waals surface area (Å²) in [4.78, 5) is 41.4. The van der Waals surface area contributed by atoms with Crippen LogP contribution in [0.25, 0.3) is 0 Å². The Bertz CT molecular complexity index is 1350. The average Bonchev–Trinajstić information content (AvgIpc) is 3.26. The van der Waals surface area contributed by atoms with E-state index in [1.54, 1.807) is 13.0 Å². The minimum atomic E-state index is -1.13. The molecule has 4 rings (SSSR count). The van der Waals surface area contributed by atoms with Gasteiger partial charge in [0.25, 0.3) is 5.91 Å². The summed E-state index contributed by atoms with van der Waals surface area (Å²) in [5, 5.41) is 3.84. The molecule has 1 aliphatic heterocycles. The summed E-state index contributed by atoms with van der Waals surface area (Å²) in [6, 6.07) is 14.8. The summed E-state index contributed by atoms with van der Waals surface area (Å²) in [6.45, 7) is 5.14. The van der Waals surface area contributed by atoms with Crippen molar-refractivity contribution in [3.8, 4) is 5.75 Å². The molecule has 1 atom stereocenters. The van der Waals surface area contributed by atoms with E-state index in [1.807, 2.05) is 18.2 Å². The van der Waals surface area contributed by atoms with E-state index in [9.17, 15) is 14.4 Å². The van der Waals surface area contributed by atoms with Crippen molar-refractivity contribution in [3.05, 3.63) is 80.1 Å². The largest absolute Gasteiger partial charge is 0.480 e. The van der Waals surface area contributed by atoms with Crippen molar-refractivity contribution in [1.82, 2.24) is 4.90 Å². The van der Waals surface area contributed by atoms with Gasteiger partial charge < -0.3 is 19.5 Å². The highest BCUT2D eigenvalue weighted by atomic mass is 35.5. The number of amides is 1. The number of nitrogens with one attached hydrogen (secondary N) is 1. The Hall–Kier alpha value is -3.11. The van der Waals surface area contributed by atoms with E-state index in [0.29, 0.717) is 28.6 Å². The van der Waals surface area contributed by atoms with Gasteiger partial charge in [-0.25, -0.2) is 9.59 Å². The molecule has 0 saturated carbocycles. The molecule has 206 valence electrons. The first kappa shape index (κ1) is 28.9. The standard InChI is InChI=1S/C28H28Cl2N2O6S/c1-3-36-28(35)25-20-11-12-32(14-18-7-5-4-6-8-18)15-23(20)39-27(25)31-26(34)17(2)38-24(33)16-37-22-10-9-19(29)13-21(22)30/h4-10,13,17H,3,11-12,14-16H2,1-2H3,(H,31,34)/t17-/m0/s1. The number of benzene rings is 2. The van der Waals surface area contributed by atoms with E-state index >= 15 is 0 Å². The highest BCUT2D eigenvalue weighted by molar-refractivity contribution is 7.17. The van der Waals surface area contributed by atoms with E-state index in [-0.39, 0.29) is 17.4 Å². The van der Waals surface area contributed by atoms with Crippen LogP contribution >= 0.6 is 34.5 Å². The van der Waals surface area contributed by atoms with Gasteiger partial charge in [0.05, 0.1) is 17.2 Å². The van der Waals surface area contributed by atoms with Crippen molar-refractivity contribution < 1.29 is 28.6 Å². The van der Waals surface area contributed by atoms with Gasteiger partial charge in [0.2, 0.25) is 0 Å². The molecule has 1 amide bonds. The van der Waals surface area contributed by atoms with Crippen LogP contribution in [0.2, 0.25) is 10.0 Å². The highest BCUT2D eigenvalue weighted by Gasteiger charge is 2.30. The van der Waals surface area contributed by atoms with Gasteiger partial charge in [-0.15, -0.1) is 11.3 Å². The molecule has 0 radical (unpaired) electrons. The Morgan fingerprint density at radius 1 is 1.13 bits per heavy atom. The maximum absolute atomic E-state index is 12.9. The number of thiophene rings is 1. The number of hydrogen-bond acceptors (Lipinski definition) is 8. The normalized spacial score (nSPS) is 13.7. The van der Waals surface area contributed by atoms with Crippen LogP contribution in [0.15, 0.2) is 48.5 Å². The third kappa shape index (κ3) is 7.51. The van der Waals surface area contributed by atoms with Crippen molar-refractivity contribution in [3.63, 3.8) is 0 Å². The summed E-state index contributed by atoms with van der Waals surface area (Å²) in [7, 11) is 0. The second kappa shape index (κ2) is 13.3. The Kier molecular flexibility index (Phi) is 9.85. The zero-order valence-corrected chi connectivity index (χ0v) is 23.8. The molecule has 0 unspecified atom stereocenters. The Balaban J connectivity index is 1.41. The van der Waals surface area contributed by atoms with Gasteiger partial charge >= 0.3 is 11.9 Å². The van der Waals surface area contributed by atoms with Gasteiger partial charge in [-0.3, -0.25) is 9.69 Å². The minimum Gasteiger partial charge on any atom is -0.480 e. The lowest BCUT2D eigenvalue weighted by molar-refractivity contribution is -0.155. The van der Waals surface area contributed by atoms with Crippen LogP contribution < -0.4 is 10.1 Å². The second-order valence-electron chi connectivity index (χ2n) is 8.86. The van der Waals surface area contributed by atoms with Crippen LogP contribution in [0.1, 0.15) is 40.2 Å². The molecular formula is C28H28Cl2N2O6S. The lowest BCUT2D eigenvalue weighted by atomic mass is 10.0. The predicted octanol–water partition coefficient (Wildman–Crippen LogP) is 5.74. The molecule has 0 spiro atoms. The van der Waals surface area contributed by atoms with Gasteiger partial charge in [0.1, 0.15) is 10.8 Å². The third-order valence-electron chi connectivity index (χ3n) is 6.02. The Morgan fingerprint density at radius 2 is 1.90 bits per heavy atom. The molecule has 1 N–H and O–H groups in total. The van der Waals surface area contributed by atoms with Crippen LogP contribution in [0.3, 0.4) is 0 Å². The number of fused-ring (bicyclic) bond motifs is 1. The Morgan fingerprint density at radius 3 is 2.62 bits per heavy atom. The van der Waals surface area contributed by atoms with Crippen molar-refractivity contribution in [2.45, 2.75) is 39.5 Å². The number of carbonyl (C=O) groups is 3. The van der Waals surface area contributed by atoms with Crippen molar-refractivity contribution in [2.24, 2.45) is 0 Å². The lowest BCUT2D eigenvalue weighted by Crippen LogP contribution is -2.32. The lowest BCUT2D eigenvalue weighted by Gasteiger charge is -2.27. The molecule has 2 heterocycles. The maximum Gasteiger partial charge on any atom is 0.344 e. The summed E-state index contributed by atoms with van der Waals surface area (Å²) < 4.78 is 15.9. The van der Waals surface area contributed by atoms with Gasteiger partial charge in [0, 0.05) is 29.5 Å². The SMILES string of the molecule is CCOC(=O)c1c(NC(=O)[C@H](C)OC(=O)COc2ccc(Cl)cc2Cl)sc2c1CCN(Cc1ccccc1)C2. The monoisotopic (exact) mass is 590 g/mol. The van der Waals surface area contributed by atoms with Crippen molar-refractivity contribution in [2.75, 3.05) is 25.1 Å². The zero-order chi connectivity index (χ0) is 27.9. The third-order valence-corrected chi connectivity index (χ3v) is 7.68. The molecule has 3 aromatic rings. The maximum atomic E-state index is 12.9. The fraction of sp³-hybridized carbons (Fsp3) is 0.321. The summed E-state index contributed by atoms with van der Waals surface area (Å²) in [5.41, 5.74) is 2.45. The van der Waals surface area contributed by atoms with Crippen LogP contribution in [0.4, 0.5) is 5.00 Å². The number of rotatable bonds is 10. The van der Waals surface area contributed by atoms with E-state index in [0.717, 1.165) is 23.5 Å². The predicted molar refractivity (Wildman–Crippen MR) is 151 cm³/mol. The molecule has 2 aromatic carbocycles. The zero-order valence-electron chi connectivity index (χ0n) is 21.5. The number of carbonyl (C=O) groups excluding carboxylic acids is 3. The van der Waals surface area contributed by atoms with Gasteiger partial charge in [-0.05, 0) is 49.6 Å². The molecule has 39 heavy (non-hydrogen) atoms. The summed E-state index contributed by atoms with van der Waals surface area (Å²) in [5.74, 6) is -1.55. The smallest absolute Gasteiger partial charge is 0.344 e. The molecule has 8 nitrogen and oxygen atoms in total. The van der Waals surface area contributed by atoms with E-state index < -0.39 is 30.6 Å². The second-order valence-corrected chi connectivity index (χ2v) is 10.8. The minimum absolute atomic E-state index is 0.211. The number of anilines is 1. The fourth-order valence-electron chi connectivity index (χ4n) is 4.17. The molecule has 1 aromatic heterocycles. The Labute approximate surface area is 240 Å². The summed E-state index contributed by atoms with van der Waals surface area (Å²) in [6.07, 6.45) is -0.483. The van der Waals surface area contributed by atoms with Gasteiger partial charge in [0.15, 0.2) is 12.7 Å². The molecular weight excluding hydrogens is 563 g/mol. The van der Waals surface area contributed by atoms with Gasteiger partial charge in [-0.1, -0.05) is 53.5 Å². The van der Waals surface area contributed by atoms with E-state index in [1.165, 1.54) is 36.0 Å². The van der Waals surface area contributed by atoms with Crippen LogP contribution in [0.5, 0.6) is 5.75 Å². The number of nitrogens with zero attached hydrogens (tertiary/aromatic N) is 1. The molecule has 0 bridgehead atoms. The first-order valence-corrected chi connectivity index (χ1v) is 14.0. The topological polar surface area (TPSA) is 94.2 Å². The van der Waals surface area contributed by atoms with Gasteiger partial charge in [-0.2, -0.15) is 0 Å². The molecule has 0 aliphatic carbocycles. The van der Waals surface area contributed by atoms with E-state index in [2.05, 4.69) is 22.3 Å². The average molecular weight is 592 g/mol. The first-order valence-electron chi connectivity index (χ1n) is 12.4. The fourth-order valence-corrected chi connectivity index (χ4v) is 5.91. The number of esters is 2. The molecule has 11 heteroatoms. The van der Waals surface area contributed by atoms with E-state index in [4.69, 9.17) is 37.4 Å². The molecule has 0 fully saturated rings. The van der Waals surface area contributed by atoms with Crippen LogP contribution in [-0.4, -0.2) is 48.6 Å². The first-order chi connectivity index (χ1) is 18.7. The molecule has 1 aliphatic rings. The molecule has 0 saturated heterocycles. The van der Waals surface area contributed by atoms with Crippen LogP contribution in [0, 0.1) is 0 Å².